The lowest BCUT2D eigenvalue weighted by molar-refractivity contribution is 0.0683. The number of amides is 2. The summed E-state index contributed by atoms with van der Waals surface area (Å²) in [5, 5.41) is 9.59. The van der Waals surface area contributed by atoms with Gasteiger partial charge in [0.05, 0.1) is 6.54 Å². The van der Waals surface area contributed by atoms with Crippen molar-refractivity contribution in [2.24, 2.45) is 0 Å². The molecule has 1 atom stereocenters. The second kappa shape index (κ2) is 7.44. The molecule has 0 radical (unpaired) electrons. The van der Waals surface area contributed by atoms with Crippen molar-refractivity contribution >= 4 is 6.03 Å². The molecule has 1 aromatic heterocycles. The van der Waals surface area contributed by atoms with Gasteiger partial charge >= 0.3 is 6.03 Å². The standard InChI is InChI=1S/C17H22N4O3/c1-3-23-11(2)16-20-15(24-21-16)10-18-17(22)19-14-8-12-6-4-5-7-13(12)9-14/h4-7,11,14H,3,8-10H2,1-2H3,(H2,18,19,22)/t11-/m1/s1. The van der Waals surface area contributed by atoms with E-state index in [0.29, 0.717) is 18.3 Å². The van der Waals surface area contributed by atoms with E-state index in [0.717, 1.165) is 12.8 Å². The van der Waals surface area contributed by atoms with Crippen LogP contribution in [0.3, 0.4) is 0 Å². The Morgan fingerprint density at radius 3 is 2.75 bits per heavy atom. The summed E-state index contributed by atoms with van der Waals surface area (Å²) in [6.07, 6.45) is 1.50. The van der Waals surface area contributed by atoms with Gasteiger partial charge in [-0.25, -0.2) is 4.79 Å². The highest BCUT2D eigenvalue weighted by Gasteiger charge is 2.22. The summed E-state index contributed by atoms with van der Waals surface area (Å²) in [5.74, 6) is 0.849. The van der Waals surface area contributed by atoms with Crippen molar-refractivity contribution in [1.82, 2.24) is 20.8 Å². The van der Waals surface area contributed by atoms with E-state index in [9.17, 15) is 4.79 Å². The van der Waals surface area contributed by atoms with Gasteiger partial charge in [-0.1, -0.05) is 29.4 Å². The monoisotopic (exact) mass is 330 g/mol. The van der Waals surface area contributed by atoms with E-state index in [1.807, 2.05) is 26.0 Å². The zero-order chi connectivity index (χ0) is 16.9. The first-order valence-electron chi connectivity index (χ1n) is 8.21. The number of fused-ring (bicyclic) bond motifs is 1. The number of carbonyl (C=O) groups excluding carboxylic acids is 1. The van der Waals surface area contributed by atoms with E-state index < -0.39 is 0 Å². The van der Waals surface area contributed by atoms with Gasteiger partial charge in [0, 0.05) is 12.6 Å². The fourth-order valence-electron chi connectivity index (χ4n) is 2.88. The number of hydrogen-bond acceptors (Lipinski definition) is 5. The fraction of sp³-hybridized carbons (Fsp3) is 0.471. The average molecular weight is 330 g/mol. The first-order chi connectivity index (χ1) is 11.7. The molecule has 2 amide bonds. The third-order valence-corrected chi connectivity index (χ3v) is 4.05. The summed E-state index contributed by atoms with van der Waals surface area (Å²) < 4.78 is 10.5. The Kier molecular flexibility index (Phi) is 5.10. The lowest BCUT2D eigenvalue weighted by Crippen LogP contribution is -2.42. The highest BCUT2D eigenvalue weighted by Crippen LogP contribution is 2.21. The Bertz CT molecular complexity index is 676. The second-order valence-electron chi connectivity index (χ2n) is 5.84. The van der Waals surface area contributed by atoms with Crippen LogP contribution in [0.5, 0.6) is 0 Å². The Balaban J connectivity index is 1.45. The van der Waals surface area contributed by atoms with Gasteiger partial charge < -0.3 is 19.9 Å². The van der Waals surface area contributed by atoms with Crippen molar-refractivity contribution < 1.29 is 14.1 Å². The molecule has 0 saturated heterocycles. The summed E-state index contributed by atoms with van der Waals surface area (Å²) in [4.78, 5) is 16.2. The SMILES string of the molecule is CCO[C@H](C)c1noc(CNC(=O)NC2Cc3ccccc3C2)n1. The molecule has 1 aliphatic rings. The molecule has 1 aliphatic carbocycles. The fourth-order valence-corrected chi connectivity index (χ4v) is 2.88. The lowest BCUT2D eigenvalue weighted by atomic mass is 10.1. The third kappa shape index (κ3) is 3.91. The van der Waals surface area contributed by atoms with Gasteiger partial charge in [0.25, 0.3) is 0 Å². The van der Waals surface area contributed by atoms with Crippen molar-refractivity contribution in [3.63, 3.8) is 0 Å². The summed E-state index contributed by atoms with van der Waals surface area (Å²) in [5.41, 5.74) is 2.60. The first-order valence-corrected chi connectivity index (χ1v) is 8.21. The number of nitrogens with one attached hydrogen (secondary N) is 2. The number of benzene rings is 1. The first kappa shape index (κ1) is 16.4. The van der Waals surface area contributed by atoms with Gasteiger partial charge in [-0.2, -0.15) is 4.98 Å². The molecule has 1 aromatic carbocycles. The maximum absolute atomic E-state index is 12.0. The smallest absolute Gasteiger partial charge is 0.315 e. The van der Waals surface area contributed by atoms with Gasteiger partial charge in [0.15, 0.2) is 5.82 Å². The molecule has 0 aliphatic heterocycles. The van der Waals surface area contributed by atoms with Gasteiger partial charge in [0.1, 0.15) is 6.10 Å². The third-order valence-electron chi connectivity index (χ3n) is 4.05. The van der Waals surface area contributed by atoms with Crippen LogP contribution in [0.25, 0.3) is 0 Å². The zero-order valence-electron chi connectivity index (χ0n) is 13.9. The Morgan fingerprint density at radius 1 is 1.38 bits per heavy atom. The van der Waals surface area contributed by atoms with Crippen molar-refractivity contribution in [2.45, 2.75) is 45.4 Å². The predicted octanol–water partition coefficient (Wildman–Crippen LogP) is 2.13. The molecular formula is C17H22N4O3. The van der Waals surface area contributed by atoms with Crippen LogP contribution in [0.15, 0.2) is 28.8 Å². The van der Waals surface area contributed by atoms with Crippen LogP contribution in [0.4, 0.5) is 4.79 Å². The molecule has 2 aromatic rings. The van der Waals surface area contributed by atoms with Gasteiger partial charge in [-0.05, 0) is 37.8 Å². The van der Waals surface area contributed by atoms with E-state index in [4.69, 9.17) is 9.26 Å². The Morgan fingerprint density at radius 2 is 2.08 bits per heavy atom. The number of carbonyl (C=O) groups is 1. The largest absolute Gasteiger partial charge is 0.371 e. The van der Waals surface area contributed by atoms with Gasteiger partial charge in [-0.15, -0.1) is 0 Å². The minimum Gasteiger partial charge on any atom is -0.371 e. The van der Waals surface area contributed by atoms with Gasteiger partial charge in [0.2, 0.25) is 5.89 Å². The summed E-state index contributed by atoms with van der Waals surface area (Å²) in [6.45, 7) is 4.54. The van der Waals surface area contributed by atoms with E-state index in [1.165, 1.54) is 11.1 Å². The van der Waals surface area contributed by atoms with Crippen LogP contribution in [-0.4, -0.2) is 28.8 Å². The number of urea groups is 1. The second-order valence-corrected chi connectivity index (χ2v) is 5.84. The van der Waals surface area contributed by atoms with Gasteiger partial charge in [-0.3, -0.25) is 0 Å². The van der Waals surface area contributed by atoms with Crippen molar-refractivity contribution in [3.05, 3.63) is 47.1 Å². The molecule has 7 heteroatoms. The molecule has 0 fully saturated rings. The number of ether oxygens (including phenoxy) is 1. The maximum Gasteiger partial charge on any atom is 0.315 e. The molecule has 0 saturated carbocycles. The summed E-state index contributed by atoms with van der Waals surface area (Å²) in [6, 6.07) is 8.15. The molecule has 128 valence electrons. The highest BCUT2D eigenvalue weighted by molar-refractivity contribution is 5.74. The summed E-state index contributed by atoms with van der Waals surface area (Å²) in [7, 11) is 0. The maximum atomic E-state index is 12.0. The van der Waals surface area contributed by atoms with Crippen molar-refractivity contribution in [1.29, 1.82) is 0 Å². The molecule has 3 rings (SSSR count). The normalized spacial score (nSPS) is 15.1. The highest BCUT2D eigenvalue weighted by atomic mass is 16.5. The average Bonchev–Trinajstić information content (AvgIpc) is 3.19. The predicted molar refractivity (Wildman–Crippen MR) is 87.3 cm³/mol. The molecular weight excluding hydrogens is 308 g/mol. The molecule has 24 heavy (non-hydrogen) atoms. The molecule has 1 heterocycles. The van der Waals surface area contributed by atoms with Crippen LogP contribution in [0.2, 0.25) is 0 Å². The Hall–Kier alpha value is -2.41. The molecule has 2 N–H and O–H groups in total. The van der Waals surface area contributed by atoms with Crippen LogP contribution in [0, 0.1) is 0 Å². The van der Waals surface area contributed by atoms with Crippen LogP contribution < -0.4 is 10.6 Å². The molecule has 0 unspecified atom stereocenters. The minimum absolute atomic E-state index is 0.124. The van der Waals surface area contributed by atoms with E-state index in [1.54, 1.807) is 0 Å². The van der Waals surface area contributed by atoms with E-state index in [-0.39, 0.29) is 24.7 Å². The van der Waals surface area contributed by atoms with Crippen LogP contribution in [-0.2, 0) is 24.1 Å². The van der Waals surface area contributed by atoms with E-state index >= 15 is 0 Å². The topological polar surface area (TPSA) is 89.3 Å². The number of nitrogens with zero attached hydrogens (tertiary/aromatic N) is 2. The molecule has 0 bridgehead atoms. The van der Waals surface area contributed by atoms with E-state index in [2.05, 4.69) is 32.9 Å². The summed E-state index contributed by atoms with van der Waals surface area (Å²) >= 11 is 0. The zero-order valence-corrected chi connectivity index (χ0v) is 13.9. The number of hydrogen-bond donors (Lipinski definition) is 2. The quantitative estimate of drug-likeness (QED) is 0.847. The van der Waals surface area contributed by atoms with Crippen LogP contribution >= 0.6 is 0 Å². The van der Waals surface area contributed by atoms with Crippen LogP contribution in [0.1, 0.15) is 42.8 Å². The molecule has 7 nitrogen and oxygen atoms in total. The van der Waals surface area contributed by atoms with Crippen molar-refractivity contribution in [2.75, 3.05) is 6.61 Å². The minimum atomic E-state index is -0.231. The number of rotatable bonds is 6. The number of aromatic nitrogens is 2. The van der Waals surface area contributed by atoms with Crippen molar-refractivity contribution in [3.8, 4) is 0 Å². The Labute approximate surface area is 140 Å². The lowest BCUT2D eigenvalue weighted by Gasteiger charge is -2.12. The molecule has 0 spiro atoms.